The molecular formula is C3H2F3N4. The van der Waals surface area contributed by atoms with Crippen LogP contribution < -0.4 is 0 Å². The molecule has 1 aromatic rings. The molecule has 0 aliphatic rings. The van der Waals surface area contributed by atoms with E-state index in [0.717, 1.165) is 0 Å². The van der Waals surface area contributed by atoms with E-state index >= 15 is 0 Å². The highest BCUT2D eigenvalue weighted by atomic mass is 19.4. The standard InChI is InChI=1S/C3H2F3N4/c1-10-8-2(7-9-10)3(4,5)6/h1H2. The van der Waals surface area contributed by atoms with Crippen LogP contribution in [0.1, 0.15) is 5.82 Å². The quantitative estimate of drug-likeness (QED) is 0.536. The molecule has 0 aromatic carbocycles. The van der Waals surface area contributed by atoms with Gasteiger partial charge in [0.05, 0.1) is 7.05 Å². The number of hydrogen-bond donors (Lipinski definition) is 0. The van der Waals surface area contributed by atoms with E-state index in [2.05, 4.69) is 22.5 Å². The Bertz CT molecular complexity index is 226. The Morgan fingerprint density at radius 3 is 2.20 bits per heavy atom. The maximum Gasteiger partial charge on any atom is 0.455 e. The molecule has 0 unspecified atom stereocenters. The molecule has 0 bridgehead atoms. The molecular weight excluding hydrogens is 149 g/mol. The number of rotatable bonds is 0. The van der Waals surface area contributed by atoms with Gasteiger partial charge in [-0.1, -0.05) is 0 Å². The topological polar surface area (TPSA) is 43.6 Å². The average Bonchev–Trinajstić information content (AvgIpc) is 2.11. The van der Waals surface area contributed by atoms with Crippen LogP contribution in [0.3, 0.4) is 0 Å². The van der Waals surface area contributed by atoms with Crippen LogP contribution in [0.2, 0.25) is 0 Å². The minimum Gasteiger partial charge on any atom is -0.163 e. The number of nitrogens with zero attached hydrogens (tertiary/aromatic N) is 4. The van der Waals surface area contributed by atoms with Crippen molar-refractivity contribution in [3.8, 4) is 0 Å². The first-order valence-electron chi connectivity index (χ1n) is 2.18. The van der Waals surface area contributed by atoms with Crippen molar-refractivity contribution in [2.45, 2.75) is 6.18 Å². The third-order valence-corrected chi connectivity index (χ3v) is 0.706. The number of alkyl halides is 3. The number of halogens is 3. The average molecular weight is 151 g/mol. The van der Waals surface area contributed by atoms with Gasteiger partial charge in [-0.15, -0.1) is 10.2 Å². The minimum atomic E-state index is -4.53. The Kier molecular flexibility index (Phi) is 1.34. The van der Waals surface area contributed by atoms with Gasteiger partial charge in [0.15, 0.2) is 0 Å². The first-order chi connectivity index (χ1) is 4.50. The molecule has 0 saturated heterocycles. The molecule has 0 fully saturated rings. The van der Waals surface area contributed by atoms with Crippen molar-refractivity contribution < 1.29 is 13.2 Å². The molecule has 0 atom stereocenters. The summed E-state index contributed by atoms with van der Waals surface area (Å²) in [5.74, 6) is -1.28. The van der Waals surface area contributed by atoms with Gasteiger partial charge < -0.3 is 0 Å². The molecule has 4 nitrogen and oxygen atoms in total. The van der Waals surface area contributed by atoms with E-state index in [9.17, 15) is 13.2 Å². The summed E-state index contributed by atoms with van der Waals surface area (Å²) < 4.78 is 34.8. The first kappa shape index (κ1) is 6.97. The predicted octanol–water partition coefficient (Wildman–Crippen LogP) is 0.332. The lowest BCUT2D eigenvalue weighted by Gasteiger charge is -1.95. The van der Waals surface area contributed by atoms with Gasteiger partial charge in [-0.2, -0.15) is 18.0 Å². The van der Waals surface area contributed by atoms with Crippen molar-refractivity contribution in [3.05, 3.63) is 12.9 Å². The van der Waals surface area contributed by atoms with Crippen LogP contribution in [-0.2, 0) is 6.18 Å². The van der Waals surface area contributed by atoms with E-state index in [-0.39, 0.29) is 0 Å². The van der Waals surface area contributed by atoms with Gasteiger partial charge in [-0.25, -0.2) is 0 Å². The van der Waals surface area contributed by atoms with Crippen molar-refractivity contribution >= 4 is 0 Å². The molecule has 1 rings (SSSR count). The van der Waals surface area contributed by atoms with Gasteiger partial charge in [-0.05, 0) is 5.21 Å². The van der Waals surface area contributed by atoms with Crippen molar-refractivity contribution in [2.24, 2.45) is 0 Å². The Morgan fingerprint density at radius 1 is 1.40 bits per heavy atom. The fraction of sp³-hybridized carbons (Fsp3) is 0.333. The van der Waals surface area contributed by atoms with Gasteiger partial charge in [0, 0.05) is 0 Å². The van der Waals surface area contributed by atoms with Crippen molar-refractivity contribution in [1.82, 2.24) is 20.2 Å². The highest BCUT2D eigenvalue weighted by molar-refractivity contribution is 4.83. The second-order valence-corrected chi connectivity index (χ2v) is 1.48. The molecule has 7 heteroatoms. The fourth-order valence-electron chi connectivity index (χ4n) is 0.357. The van der Waals surface area contributed by atoms with Gasteiger partial charge in [0.2, 0.25) is 0 Å². The first-order valence-corrected chi connectivity index (χ1v) is 2.18. The van der Waals surface area contributed by atoms with Crippen LogP contribution in [0.5, 0.6) is 0 Å². The van der Waals surface area contributed by atoms with Gasteiger partial charge in [0.1, 0.15) is 0 Å². The van der Waals surface area contributed by atoms with E-state index in [1.807, 2.05) is 0 Å². The Hall–Kier alpha value is -1.14. The van der Waals surface area contributed by atoms with Gasteiger partial charge >= 0.3 is 6.18 Å². The molecule has 1 aromatic heterocycles. The number of hydrogen-bond acceptors (Lipinski definition) is 3. The van der Waals surface area contributed by atoms with Crippen LogP contribution in [0.15, 0.2) is 0 Å². The fourth-order valence-corrected chi connectivity index (χ4v) is 0.357. The SMILES string of the molecule is [CH2]n1nnc(C(F)(F)F)n1. The van der Waals surface area contributed by atoms with E-state index < -0.39 is 12.0 Å². The summed E-state index contributed by atoms with van der Waals surface area (Å²) in [6.07, 6.45) is -4.53. The lowest BCUT2D eigenvalue weighted by molar-refractivity contribution is -0.145. The highest BCUT2D eigenvalue weighted by Gasteiger charge is 2.36. The Balaban J connectivity index is 2.96. The minimum absolute atomic E-state index is 0.503. The molecule has 0 amide bonds. The van der Waals surface area contributed by atoms with E-state index in [1.54, 1.807) is 0 Å². The van der Waals surface area contributed by atoms with Crippen LogP contribution in [-0.4, -0.2) is 20.2 Å². The summed E-state index contributed by atoms with van der Waals surface area (Å²) in [5.41, 5.74) is 0. The van der Waals surface area contributed by atoms with E-state index in [0.29, 0.717) is 4.80 Å². The molecule has 0 N–H and O–H groups in total. The van der Waals surface area contributed by atoms with E-state index in [4.69, 9.17) is 0 Å². The highest BCUT2D eigenvalue weighted by Crippen LogP contribution is 2.24. The zero-order valence-corrected chi connectivity index (χ0v) is 4.63. The number of aromatic nitrogens is 4. The summed E-state index contributed by atoms with van der Waals surface area (Å²) in [7, 11) is 2.99. The second-order valence-electron chi connectivity index (χ2n) is 1.48. The zero-order valence-electron chi connectivity index (χ0n) is 4.63. The molecule has 0 spiro atoms. The molecule has 10 heavy (non-hydrogen) atoms. The summed E-state index contributed by atoms with van der Waals surface area (Å²) in [6.45, 7) is 0. The second kappa shape index (κ2) is 1.93. The number of tetrazole rings is 1. The van der Waals surface area contributed by atoms with Crippen LogP contribution in [0, 0.1) is 7.05 Å². The monoisotopic (exact) mass is 151 g/mol. The molecule has 0 saturated carbocycles. The van der Waals surface area contributed by atoms with Crippen LogP contribution in [0.4, 0.5) is 13.2 Å². The zero-order chi connectivity index (χ0) is 7.78. The lowest BCUT2D eigenvalue weighted by atomic mass is 10.6. The molecule has 0 aliphatic heterocycles. The third kappa shape index (κ3) is 1.23. The third-order valence-electron chi connectivity index (χ3n) is 0.706. The summed E-state index contributed by atoms with van der Waals surface area (Å²) >= 11 is 0. The Labute approximate surface area is 53.6 Å². The van der Waals surface area contributed by atoms with E-state index in [1.165, 1.54) is 0 Å². The van der Waals surface area contributed by atoms with Gasteiger partial charge in [-0.3, -0.25) is 0 Å². The maximum atomic E-state index is 11.6. The molecule has 1 heterocycles. The predicted molar refractivity (Wildman–Crippen MR) is 23.6 cm³/mol. The van der Waals surface area contributed by atoms with Crippen LogP contribution in [0.25, 0.3) is 0 Å². The van der Waals surface area contributed by atoms with Gasteiger partial charge in [0.25, 0.3) is 5.82 Å². The largest absolute Gasteiger partial charge is 0.455 e. The normalized spacial score (nSPS) is 12.0. The van der Waals surface area contributed by atoms with Crippen molar-refractivity contribution in [1.29, 1.82) is 0 Å². The van der Waals surface area contributed by atoms with Crippen molar-refractivity contribution in [3.63, 3.8) is 0 Å². The summed E-state index contributed by atoms with van der Waals surface area (Å²) in [5, 5.41) is 8.45. The smallest absolute Gasteiger partial charge is 0.163 e. The summed E-state index contributed by atoms with van der Waals surface area (Å²) in [6, 6.07) is 0. The van der Waals surface area contributed by atoms with Crippen molar-refractivity contribution in [2.75, 3.05) is 0 Å². The lowest BCUT2D eigenvalue weighted by Crippen LogP contribution is -2.07. The molecule has 1 radical (unpaired) electrons. The Morgan fingerprint density at radius 2 is 2.00 bits per heavy atom. The molecule has 0 aliphatic carbocycles. The molecule has 55 valence electrons. The van der Waals surface area contributed by atoms with Crippen LogP contribution >= 0.6 is 0 Å². The maximum absolute atomic E-state index is 11.6. The summed E-state index contributed by atoms with van der Waals surface area (Å²) in [4.78, 5) is 0.503.